The van der Waals surface area contributed by atoms with E-state index in [2.05, 4.69) is 15.1 Å². The van der Waals surface area contributed by atoms with E-state index in [0.717, 1.165) is 10.9 Å². The van der Waals surface area contributed by atoms with E-state index in [-0.39, 0.29) is 36.4 Å². The third kappa shape index (κ3) is 3.81. The van der Waals surface area contributed by atoms with Crippen LogP contribution in [0.2, 0.25) is 5.02 Å². The molecule has 0 amide bonds. The SMILES string of the molecule is O=C(OCc1nc(COc2ccc(F)cc2)no1)c1[nH]c2ccccc2c1Cl. The summed E-state index contributed by atoms with van der Waals surface area (Å²) in [6.07, 6.45) is 0. The Bertz CT molecular complexity index is 1120. The van der Waals surface area contributed by atoms with Crippen molar-refractivity contribution in [2.45, 2.75) is 13.2 Å². The summed E-state index contributed by atoms with van der Waals surface area (Å²) >= 11 is 6.22. The molecule has 0 aliphatic carbocycles. The first-order valence-electron chi connectivity index (χ1n) is 8.23. The number of H-pyrrole nitrogens is 1. The van der Waals surface area contributed by atoms with Crippen LogP contribution < -0.4 is 4.74 Å². The number of hydrogen-bond donors (Lipinski definition) is 1. The first kappa shape index (κ1) is 18.0. The molecule has 0 radical (unpaired) electrons. The monoisotopic (exact) mass is 401 g/mol. The number of hydrogen-bond acceptors (Lipinski definition) is 6. The Kier molecular flexibility index (Phi) is 4.94. The fourth-order valence-electron chi connectivity index (χ4n) is 2.53. The van der Waals surface area contributed by atoms with Crippen molar-refractivity contribution in [2.24, 2.45) is 0 Å². The molecule has 2 aromatic carbocycles. The zero-order chi connectivity index (χ0) is 19.5. The molecule has 0 saturated carbocycles. The average Bonchev–Trinajstić information content (AvgIpc) is 3.30. The number of aromatic nitrogens is 3. The number of nitrogens with one attached hydrogen (secondary N) is 1. The third-order valence-corrected chi connectivity index (χ3v) is 4.26. The van der Waals surface area contributed by atoms with Gasteiger partial charge in [0.25, 0.3) is 5.89 Å². The summed E-state index contributed by atoms with van der Waals surface area (Å²) in [7, 11) is 0. The number of benzene rings is 2. The molecule has 0 bridgehead atoms. The highest BCUT2D eigenvalue weighted by Crippen LogP contribution is 2.27. The van der Waals surface area contributed by atoms with Gasteiger partial charge in [-0.15, -0.1) is 0 Å². The molecule has 0 fully saturated rings. The van der Waals surface area contributed by atoms with Crippen LogP contribution in [0.1, 0.15) is 22.2 Å². The van der Waals surface area contributed by atoms with Crippen LogP contribution in [0.25, 0.3) is 10.9 Å². The van der Waals surface area contributed by atoms with Crippen molar-refractivity contribution >= 4 is 28.5 Å². The highest BCUT2D eigenvalue weighted by Gasteiger charge is 2.19. The number of halogens is 2. The Hall–Kier alpha value is -3.39. The molecule has 28 heavy (non-hydrogen) atoms. The molecule has 2 heterocycles. The summed E-state index contributed by atoms with van der Waals surface area (Å²) in [6, 6.07) is 12.8. The number of rotatable bonds is 6. The van der Waals surface area contributed by atoms with Gasteiger partial charge in [0.15, 0.2) is 13.2 Å². The number of ether oxygens (including phenoxy) is 2. The fourth-order valence-corrected chi connectivity index (χ4v) is 2.82. The maximum Gasteiger partial charge on any atom is 0.356 e. The molecule has 9 heteroatoms. The lowest BCUT2D eigenvalue weighted by atomic mass is 10.2. The number of carbonyl (C=O) groups excluding carboxylic acids is 1. The van der Waals surface area contributed by atoms with Crippen molar-refractivity contribution in [1.82, 2.24) is 15.1 Å². The van der Waals surface area contributed by atoms with Crippen molar-refractivity contribution in [3.8, 4) is 5.75 Å². The minimum atomic E-state index is -0.636. The first-order chi connectivity index (χ1) is 13.6. The van der Waals surface area contributed by atoms with Crippen molar-refractivity contribution < 1.29 is 23.2 Å². The first-order valence-corrected chi connectivity index (χ1v) is 8.61. The van der Waals surface area contributed by atoms with E-state index >= 15 is 0 Å². The van der Waals surface area contributed by atoms with Gasteiger partial charge in [0.1, 0.15) is 17.3 Å². The van der Waals surface area contributed by atoms with Crippen LogP contribution in [0, 0.1) is 5.82 Å². The summed E-state index contributed by atoms with van der Waals surface area (Å²) in [6.45, 7) is -0.189. The van der Waals surface area contributed by atoms with Crippen molar-refractivity contribution in [3.63, 3.8) is 0 Å². The standard InChI is InChI=1S/C19H13ClFN3O4/c20-17-13-3-1-2-4-14(13)22-18(17)19(25)27-10-16-23-15(24-28-16)9-26-12-7-5-11(21)6-8-12/h1-8,22H,9-10H2. The highest BCUT2D eigenvalue weighted by atomic mass is 35.5. The zero-order valence-electron chi connectivity index (χ0n) is 14.3. The second-order valence-corrected chi connectivity index (χ2v) is 6.16. The Balaban J connectivity index is 1.35. The van der Waals surface area contributed by atoms with Gasteiger partial charge < -0.3 is 19.0 Å². The molecular weight excluding hydrogens is 389 g/mol. The predicted molar refractivity (Wildman–Crippen MR) is 97.5 cm³/mol. The van der Waals surface area contributed by atoms with Crippen LogP contribution in [0.4, 0.5) is 4.39 Å². The van der Waals surface area contributed by atoms with Crippen LogP contribution in [0.3, 0.4) is 0 Å². The molecule has 0 aliphatic rings. The Labute approximate surface area is 163 Å². The smallest absolute Gasteiger partial charge is 0.356 e. The summed E-state index contributed by atoms with van der Waals surface area (Å²) in [5, 5.41) is 4.76. The zero-order valence-corrected chi connectivity index (χ0v) is 15.1. The lowest BCUT2D eigenvalue weighted by molar-refractivity contribution is 0.0424. The van der Waals surface area contributed by atoms with Crippen LogP contribution in [0.15, 0.2) is 53.1 Å². The van der Waals surface area contributed by atoms with Crippen LogP contribution >= 0.6 is 11.6 Å². The van der Waals surface area contributed by atoms with Crippen LogP contribution in [-0.4, -0.2) is 21.1 Å². The van der Waals surface area contributed by atoms with Crippen LogP contribution in [-0.2, 0) is 18.0 Å². The minimum Gasteiger partial charge on any atom is -0.485 e. The topological polar surface area (TPSA) is 90.2 Å². The number of fused-ring (bicyclic) bond motifs is 1. The number of esters is 1. The van der Waals surface area contributed by atoms with E-state index in [9.17, 15) is 9.18 Å². The second-order valence-electron chi connectivity index (χ2n) is 5.78. The molecule has 0 atom stereocenters. The van der Waals surface area contributed by atoms with E-state index in [1.165, 1.54) is 24.3 Å². The maximum absolute atomic E-state index is 12.9. The minimum absolute atomic E-state index is 0.0247. The Morgan fingerprint density at radius 2 is 1.93 bits per heavy atom. The highest BCUT2D eigenvalue weighted by molar-refractivity contribution is 6.38. The lowest BCUT2D eigenvalue weighted by Gasteiger charge is -2.02. The number of para-hydroxylation sites is 1. The van der Waals surface area contributed by atoms with Gasteiger partial charge in [-0.25, -0.2) is 9.18 Å². The molecule has 4 rings (SSSR count). The van der Waals surface area contributed by atoms with E-state index in [4.69, 9.17) is 25.6 Å². The average molecular weight is 402 g/mol. The molecule has 0 spiro atoms. The Morgan fingerprint density at radius 1 is 1.14 bits per heavy atom. The van der Waals surface area contributed by atoms with E-state index in [1.807, 2.05) is 18.2 Å². The number of carbonyl (C=O) groups is 1. The summed E-state index contributed by atoms with van der Waals surface area (Å²) in [4.78, 5) is 19.3. The summed E-state index contributed by atoms with van der Waals surface area (Å²) in [5.74, 6) is -0.153. The van der Waals surface area contributed by atoms with Gasteiger partial charge in [-0.3, -0.25) is 0 Å². The van der Waals surface area contributed by atoms with E-state index in [0.29, 0.717) is 10.8 Å². The lowest BCUT2D eigenvalue weighted by Crippen LogP contribution is -2.06. The molecule has 4 aromatic rings. The van der Waals surface area contributed by atoms with Crippen molar-refractivity contribution in [1.29, 1.82) is 0 Å². The van der Waals surface area contributed by atoms with Gasteiger partial charge in [0.05, 0.1) is 5.02 Å². The Morgan fingerprint density at radius 3 is 2.71 bits per heavy atom. The van der Waals surface area contributed by atoms with E-state index in [1.54, 1.807) is 6.07 Å². The normalized spacial score (nSPS) is 10.9. The largest absolute Gasteiger partial charge is 0.485 e. The molecular formula is C19H13ClFN3O4. The molecule has 0 saturated heterocycles. The van der Waals surface area contributed by atoms with Gasteiger partial charge in [0, 0.05) is 10.9 Å². The predicted octanol–water partition coefficient (Wildman–Crippen LogP) is 4.28. The molecule has 142 valence electrons. The second kappa shape index (κ2) is 7.69. The van der Waals surface area contributed by atoms with Gasteiger partial charge >= 0.3 is 5.97 Å². The van der Waals surface area contributed by atoms with Crippen molar-refractivity contribution in [2.75, 3.05) is 0 Å². The van der Waals surface area contributed by atoms with Gasteiger partial charge in [-0.2, -0.15) is 4.98 Å². The van der Waals surface area contributed by atoms with Crippen LogP contribution in [0.5, 0.6) is 5.75 Å². The van der Waals surface area contributed by atoms with Gasteiger partial charge in [-0.05, 0) is 30.3 Å². The van der Waals surface area contributed by atoms with E-state index < -0.39 is 5.97 Å². The third-order valence-electron chi connectivity index (χ3n) is 3.87. The molecule has 0 unspecified atom stereocenters. The summed E-state index contributed by atoms with van der Waals surface area (Å²) < 4.78 is 28.5. The fraction of sp³-hybridized carbons (Fsp3) is 0.105. The molecule has 2 aromatic heterocycles. The van der Waals surface area contributed by atoms with Gasteiger partial charge in [0.2, 0.25) is 5.82 Å². The maximum atomic E-state index is 12.9. The number of aromatic amines is 1. The molecule has 0 aliphatic heterocycles. The quantitative estimate of drug-likeness (QED) is 0.485. The van der Waals surface area contributed by atoms with Crippen molar-refractivity contribution in [3.05, 3.63) is 76.8 Å². The molecule has 1 N–H and O–H groups in total. The molecule has 7 nitrogen and oxygen atoms in total. The summed E-state index contributed by atoms with van der Waals surface area (Å²) in [5.41, 5.74) is 0.889. The van der Waals surface area contributed by atoms with Gasteiger partial charge in [-0.1, -0.05) is 35.0 Å². The number of nitrogens with zero attached hydrogens (tertiary/aromatic N) is 2.